The van der Waals surface area contributed by atoms with Gasteiger partial charge in [-0.2, -0.15) is 0 Å². The maximum Gasteiger partial charge on any atom is 0.326 e. The number of amides is 16. The van der Waals surface area contributed by atoms with E-state index in [1.165, 1.54) is 41.5 Å². The molecule has 0 saturated carbocycles. The van der Waals surface area contributed by atoms with Gasteiger partial charge in [0.25, 0.3) is 0 Å². The van der Waals surface area contributed by atoms with Gasteiger partial charge in [-0.3, -0.25) is 91.1 Å². The number of nitrogens with two attached hydrogens (primary N) is 3. The van der Waals surface area contributed by atoms with Gasteiger partial charge in [-0.05, 0) is 102 Å². The Bertz CT molecular complexity index is 3310. The number of hydrogen-bond acceptors (Lipinski definition) is 22. The standard InChI is InChI=1S/C68H113N17O25/c1-29(2)23-40(58(99)81-43(26-50(92)93)61(102)80-42(25-31(5)6)60(101)79-41(24-30(3)4)59(100)77-39(68(109)110)18-21-49(90)91)74-48(89)28-72-64(105)54(36(13)86)84-57(98)37(16-19-46(70)87)75-65(106)53(33(9)10)83-63(104)45-15-14-22-85(45)67(108)38(17-20-47(71)88)76-66(107)52(32(7)8)82-62(103)44(27-51(94)95)78-56(97)35(12)73-55(96)34(11)69/h29-45,52-54,86H,14-28,69H2,1-13H3,(H2,70,87)(H2,71,88)(H,72,105)(H,73,96)(H,74,89)(H,75,106)(H,76,107)(H,77,100)(H,78,97)(H,79,101)(H,80,102)(H,81,99)(H,82,103)(H,83,104)(H,84,98)(H,90,91)(H,92,93)(H,94,95)(H,109,110). The van der Waals surface area contributed by atoms with Gasteiger partial charge in [-0.1, -0.05) is 69.2 Å². The fourth-order valence-electron chi connectivity index (χ4n) is 11.1. The normalized spacial score (nSPS) is 16.5. The summed E-state index contributed by atoms with van der Waals surface area (Å²) >= 11 is 0. The zero-order valence-corrected chi connectivity index (χ0v) is 64.2. The number of rotatable bonds is 50. The third-order valence-corrected chi connectivity index (χ3v) is 16.9. The minimum absolute atomic E-state index is 0.0203. The summed E-state index contributed by atoms with van der Waals surface area (Å²) in [6, 6.07) is -21.9. The average Bonchev–Trinajstić information content (AvgIpc) is 1.61. The average molecular weight is 1570 g/mol. The number of nitrogens with one attached hydrogen (secondary N) is 13. The molecule has 15 atom stereocenters. The van der Waals surface area contributed by atoms with Crippen LogP contribution in [0.3, 0.4) is 0 Å². The monoisotopic (exact) mass is 1570 g/mol. The Kier molecular flexibility index (Phi) is 41.8. The topological polar surface area (TPSA) is 680 Å². The molecule has 42 heteroatoms. The Balaban J connectivity index is 3.44. The molecule has 1 saturated heterocycles. The minimum atomic E-state index is -1.93. The van der Waals surface area contributed by atoms with Gasteiger partial charge in [0.05, 0.1) is 31.5 Å². The highest BCUT2D eigenvalue weighted by Crippen LogP contribution is 2.22. The second-order valence-corrected chi connectivity index (χ2v) is 29.0. The second kappa shape index (κ2) is 47.3. The van der Waals surface area contributed by atoms with E-state index < -0.39 is 285 Å². The number of aliphatic carboxylic acids is 4. The first-order valence-corrected chi connectivity index (χ1v) is 36.1. The molecule has 0 radical (unpaired) electrons. The van der Waals surface area contributed by atoms with E-state index >= 15 is 0 Å². The van der Waals surface area contributed by atoms with Gasteiger partial charge in [0.2, 0.25) is 94.5 Å². The number of aliphatic hydroxyl groups excluding tert-OH is 1. The SMILES string of the molecule is CC(C)CC(NC(=O)CNC(=O)C(NC(=O)C(CCC(N)=O)NC(=O)C(NC(=O)C1CCCN1C(=O)C(CCC(N)=O)NC(=O)C(NC(=O)C(CC(=O)O)NC(=O)C(C)NC(=O)C(C)N)C(C)C)C(C)C)C(C)O)C(=O)NC(CC(=O)O)C(=O)NC(CC(C)C)C(=O)NC(CC(C)C)C(=O)NC(CCC(=O)O)C(=O)O. The van der Waals surface area contributed by atoms with Crippen LogP contribution < -0.4 is 86.3 Å². The van der Waals surface area contributed by atoms with Crippen LogP contribution in [-0.4, -0.2) is 253 Å². The van der Waals surface area contributed by atoms with E-state index in [0.717, 1.165) is 11.8 Å². The Morgan fingerprint density at radius 1 is 0.391 bits per heavy atom. The lowest BCUT2D eigenvalue weighted by atomic mass is 9.99. The predicted octanol–water partition coefficient (Wildman–Crippen LogP) is -6.46. The Hall–Kier alpha value is -10.7. The number of likely N-dealkylation sites (tertiary alicyclic amines) is 1. The summed E-state index contributed by atoms with van der Waals surface area (Å²) in [4.78, 5) is 265. The number of carbonyl (C=O) groups is 20. The number of hydrogen-bond donors (Lipinski definition) is 21. The summed E-state index contributed by atoms with van der Waals surface area (Å²) in [6.07, 6.45) is -7.17. The van der Waals surface area contributed by atoms with Gasteiger partial charge in [0.1, 0.15) is 78.5 Å². The first kappa shape index (κ1) is 97.3. The van der Waals surface area contributed by atoms with Gasteiger partial charge >= 0.3 is 23.9 Å². The van der Waals surface area contributed by atoms with E-state index in [2.05, 4.69) is 69.1 Å². The molecular formula is C68H113N17O25. The zero-order valence-electron chi connectivity index (χ0n) is 64.2. The van der Waals surface area contributed by atoms with Crippen LogP contribution in [0.4, 0.5) is 0 Å². The van der Waals surface area contributed by atoms with E-state index in [1.54, 1.807) is 41.5 Å². The smallest absolute Gasteiger partial charge is 0.326 e. The highest BCUT2D eigenvalue weighted by Gasteiger charge is 2.43. The highest BCUT2D eigenvalue weighted by atomic mass is 16.4. The Morgan fingerprint density at radius 2 is 0.764 bits per heavy atom. The number of aliphatic hydroxyl groups is 1. The number of carboxylic acids is 4. The van der Waals surface area contributed by atoms with Gasteiger partial charge in [0, 0.05) is 25.8 Å². The van der Waals surface area contributed by atoms with Gasteiger partial charge < -0.3 is 117 Å². The van der Waals surface area contributed by atoms with Crippen LogP contribution >= 0.6 is 0 Å². The van der Waals surface area contributed by atoms with Crippen molar-refractivity contribution in [3.63, 3.8) is 0 Å². The second-order valence-electron chi connectivity index (χ2n) is 29.0. The van der Waals surface area contributed by atoms with Crippen molar-refractivity contribution in [3.05, 3.63) is 0 Å². The molecule has 0 aliphatic carbocycles. The van der Waals surface area contributed by atoms with Crippen LogP contribution in [0.15, 0.2) is 0 Å². The lowest BCUT2D eigenvalue weighted by Gasteiger charge is -2.32. The van der Waals surface area contributed by atoms with Crippen molar-refractivity contribution in [1.82, 2.24) is 74.0 Å². The highest BCUT2D eigenvalue weighted by molar-refractivity contribution is 6.01. The molecular weight excluding hydrogens is 1450 g/mol. The van der Waals surface area contributed by atoms with E-state index in [-0.39, 0.29) is 50.5 Å². The van der Waals surface area contributed by atoms with Crippen molar-refractivity contribution in [1.29, 1.82) is 0 Å². The molecule has 0 spiro atoms. The molecule has 1 aliphatic heterocycles. The number of primary amides is 2. The summed E-state index contributed by atoms with van der Waals surface area (Å²) in [5, 5.41) is 79.6. The van der Waals surface area contributed by atoms with Gasteiger partial charge in [-0.15, -0.1) is 0 Å². The predicted molar refractivity (Wildman–Crippen MR) is 386 cm³/mol. The van der Waals surface area contributed by atoms with Crippen molar-refractivity contribution < 1.29 is 121 Å². The fraction of sp³-hybridized carbons (Fsp3) is 0.706. The summed E-state index contributed by atoms with van der Waals surface area (Å²) in [5.41, 5.74) is 16.4. The minimum Gasteiger partial charge on any atom is -0.481 e. The molecule has 16 amide bonds. The summed E-state index contributed by atoms with van der Waals surface area (Å²) < 4.78 is 0. The quantitative estimate of drug-likeness (QED) is 0.0269. The summed E-state index contributed by atoms with van der Waals surface area (Å²) in [7, 11) is 0. The molecule has 0 bridgehead atoms. The summed E-state index contributed by atoms with van der Waals surface area (Å²) in [6.45, 7) is 18.4. The van der Waals surface area contributed by atoms with Gasteiger partial charge in [-0.25, -0.2) is 4.79 Å². The van der Waals surface area contributed by atoms with E-state index in [9.17, 15) is 116 Å². The first-order chi connectivity index (χ1) is 51.0. The molecule has 1 aliphatic rings. The summed E-state index contributed by atoms with van der Waals surface area (Å²) in [5.74, 6) is -25.1. The van der Waals surface area contributed by atoms with Crippen LogP contribution in [0.5, 0.6) is 0 Å². The molecule has 0 aromatic carbocycles. The van der Waals surface area contributed by atoms with Crippen LogP contribution in [0, 0.1) is 29.6 Å². The van der Waals surface area contributed by atoms with Crippen LogP contribution in [-0.2, 0) is 95.9 Å². The number of carboxylic acid groups (broad SMARTS) is 4. The largest absolute Gasteiger partial charge is 0.481 e. The molecule has 1 rings (SSSR count). The molecule has 15 unspecified atom stereocenters. The van der Waals surface area contributed by atoms with Crippen LogP contribution in [0.1, 0.15) is 173 Å². The number of nitrogens with zero attached hydrogens (tertiary/aromatic N) is 1. The molecule has 24 N–H and O–H groups in total. The Morgan fingerprint density at radius 3 is 1.18 bits per heavy atom. The molecule has 42 nitrogen and oxygen atoms in total. The lowest BCUT2D eigenvalue weighted by molar-refractivity contribution is -0.144. The van der Waals surface area contributed by atoms with Crippen LogP contribution in [0.2, 0.25) is 0 Å². The molecule has 620 valence electrons. The third kappa shape index (κ3) is 35.6. The molecule has 0 aromatic rings. The Labute approximate surface area is 635 Å². The molecule has 1 fully saturated rings. The maximum absolute atomic E-state index is 14.5. The van der Waals surface area contributed by atoms with E-state index in [4.69, 9.17) is 22.3 Å². The van der Waals surface area contributed by atoms with Crippen LogP contribution in [0.25, 0.3) is 0 Å². The molecule has 1 heterocycles. The zero-order chi connectivity index (χ0) is 84.5. The third-order valence-electron chi connectivity index (χ3n) is 16.9. The number of carbonyl (C=O) groups excluding carboxylic acids is 16. The lowest BCUT2D eigenvalue weighted by Crippen LogP contribution is -2.62. The van der Waals surface area contributed by atoms with Gasteiger partial charge in [0.15, 0.2) is 0 Å². The van der Waals surface area contributed by atoms with Crippen molar-refractivity contribution in [2.45, 2.75) is 264 Å². The molecule has 0 aromatic heterocycles. The van der Waals surface area contributed by atoms with Crippen molar-refractivity contribution >= 4 is 118 Å². The van der Waals surface area contributed by atoms with E-state index in [0.29, 0.717) is 0 Å². The van der Waals surface area contributed by atoms with Crippen molar-refractivity contribution in [3.8, 4) is 0 Å². The van der Waals surface area contributed by atoms with Crippen molar-refractivity contribution in [2.75, 3.05) is 13.1 Å². The molecule has 110 heavy (non-hydrogen) atoms. The maximum atomic E-state index is 14.5. The first-order valence-electron chi connectivity index (χ1n) is 36.1. The van der Waals surface area contributed by atoms with Crippen molar-refractivity contribution in [2.24, 2.45) is 46.8 Å². The fourth-order valence-corrected chi connectivity index (χ4v) is 11.1. The van der Waals surface area contributed by atoms with E-state index in [1.807, 2.05) is 0 Å².